The zero-order valence-corrected chi connectivity index (χ0v) is 12.9. The van der Waals surface area contributed by atoms with Crippen LogP contribution in [0.3, 0.4) is 0 Å². The molecular weight excluding hydrogens is 294 g/mol. The highest BCUT2D eigenvalue weighted by Gasteiger charge is 2.12. The standard InChI is InChI=1S/C17H17N3O3/c1-12-5-3-7-14(9-12)19-16(21)17(22)20-18-11-13-6-4-8-15(10-13)23-2/h3-11H,1-2H3,(H,19,21)(H,20,22)/b18-11-. The minimum absolute atomic E-state index is 0.557. The third kappa shape index (κ3) is 4.96. The lowest BCUT2D eigenvalue weighted by atomic mass is 10.2. The first kappa shape index (κ1) is 16.2. The molecule has 2 N–H and O–H groups in total. The Labute approximate surface area is 134 Å². The molecule has 0 heterocycles. The van der Waals surface area contributed by atoms with Gasteiger partial charge in [-0.15, -0.1) is 0 Å². The Bertz CT molecular complexity index is 741. The van der Waals surface area contributed by atoms with Crippen molar-refractivity contribution in [1.29, 1.82) is 0 Å². The molecular formula is C17H17N3O3. The van der Waals surface area contributed by atoms with E-state index in [-0.39, 0.29) is 0 Å². The van der Waals surface area contributed by atoms with Crippen molar-refractivity contribution >= 4 is 23.7 Å². The van der Waals surface area contributed by atoms with E-state index in [4.69, 9.17) is 4.74 Å². The second kappa shape index (κ2) is 7.74. The van der Waals surface area contributed by atoms with Gasteiger partial charge in [-0.1, -0.05) is 24.3 Å². The maximum atomic E-state index is 11.7. The number of nitrogens with zero attached hydrogens (tertiary/aromatic N) is 1. The number of benzene rings is 2. The summed E-state index contributed by atoms with van der Waals surface area (Å²) in [4.78, 5) is 23.4. The number of methoxy groups -OCH3 is 1. The van der Waals surface area contributed by atoms with Crippen LogP contribution in [0.4, 0.5) is 5.69 Å². The first-order valence-electron chi connectivity index (χ1n) is 6.93. The van der Waals surface area contributed by atoms with E-state index in [1.165, 1.54) is 6.21 Å². The lowest BCUT2D eigenvalue weighted by molar-refractivity contribution is -0.136. The summed E-state index contributed by atoms with van der Waals surface area (Å²) in [5, 5.41) is 6.26. The summed E-state index contributed by atoms with van der Waals surface area (Å²) in [5.74, 6) is -0.943. The summed E-state index contributed by atoms with van der Waals surface area (Å²) in [6.45, 7) is 1.90. The molecule has 0 bridgehead atoms. The largest absolute Gasteiger partial charge is 0.497 e. The number of carbonyl (C=O) groups is 2. The van der Waals surface area contributed by atoms with E-state index in [1.54, 1.807) is 49.6 Å². The zero-order valence-electron chi connectivity index (χ0n) is 12.9. The second-order valence-corrected chi connectivity index (χ2v) is 4.80. The van der Waals surface area contributed by atoms with Gasteiger partial charge in [-0.2, -0.15) is 5.10 Å². The van der Waals surface area contributed by atoms with Gasteiger partial charge < -0.3 is 10.1 Å². The van der Waals surface area contributed by atoms with Gasteiger partial charge in [0.25, 0.3) is 0 Å². The van der Waals surface area contributed by atoms with Crippen molar-refractivity contribution in [2.45, 2.75) is 6.92 Å². The number of carbonyl (C=O) groups excluding carboxylic acids is 2. The van der Waals surface area contributed by atoms with Crippen molar-refractivity contribution in [3.8, 4) is 5.75 Å². The van der Waals surface area contributed by atoms with Crippen LogP contribution in [-0.2, 0) is 9.59 Å². The minimum atomic E-state index is -0.842. The maximum absolute atomic E-state index is 11.7. The average Bonchev–Trinajstić information content (AvgIpc) is 2.55. The topological polar surface area (TPSA) is 79.8 Å². The van der Waals surface area contributed by atoms with Gasteiger partial charge in [0.2, 0.25) is 0 Å². The quantitative estimate of drug-likeness (QED) is 0.515. The average molecular weight is 311 g/mol. The Balaban J connectivity index is 1.90. The Hall–Kier alpha value is -3.15. The molecule has 0 saturated heterocycles. The van der Waals surface area contributed by atoms with E-state index in [1.807, 2.05) is 13.0 Å². The Morgan fingerprint density at radius 2 is 1.87 bits per heavy atom. The Morgan fingerprint density at radius 1 is 1.09 bits per heavy atom. The smallest absolute Gasteiger partial charge is 0.329 e. The number of nitrogens with one attached hydrogen (secondary N) is 2. The van der Waals surface area contributed by atoms with E-state index >= 15 is 0 Å². The molecule has 118 valence electrons. The van der Waals surface area contributed by atoms with E-state index in [9.17, 15) is 9.59 Å². The summed E-state index contributed by atoms with van der Waals surface area (Å²) in [7, 11) is 1.56. The van der Waals surface area contributed by atoms with Crippen LogP contribution in [0.2, 0.25) is 0 Å². The van der Waals surface area contributed by atoms with Gasteiger partial charge in [0.15, 0.2) is 0 Å². The van der Waals surface area contributed by atoms with Gasteiger partial charge >= 0.3 is 11.8 Å². The highest BCUT2D eigenvalue weighted by Crippen LogP contribution is 2.11. The number of hydrogen-bond donors (Lipinski definition) is 2. The fourth-order valence-corrected chi connectivity index (χ4v) is 1.85. The molecule has 6 nitrogen and oxygen atoms in total. The lowest BCUT2D eigenvalue weighted by Gasteiger charge is -2.04. The van der Waals surface area contributed by atoms with E-state index in [0.717, 1.165) is 11.1 Å². The van der Waals surface area contributed by atoms with Crippen LogP contribution in [-0.4, -0.2) is 25.1 Å². The number of amides is 2. The van der Waals surface area contributed by atoms with Gasteiger partial charge in [0.05, 0.1) is 13.3 Å². The highest BCUT2D eigenvalue weighted by atomic mass is 16.5. The molecule has 0 unspecified atom stereocenters. The fraction of sp³-hybridized carbons (Fsp3) is 0.118. The molecule has 2 aromatic carbocycles. The van der Waals surface area contributed by atoms with Gasteiger partial charge in [0.1, 0.15) is 5.75 Å². The van der Waals surface area contributed by atoms with Crippen LogP contribution < -0.4 is 15.5 Å². The van der Waals surface area contributed by atoms with Crippen molar-refractivity contribution in [3.63, 3.8) is 0 Å². The predicted octanol–water partition coefficient (Wildman–Crippen LogP) is 2.09. The monoisotopic (exact) mass is 311 g/mol. The molecule has 6 heteroatoms. The predicted molar refractivity (Wildman–Crippen MR) is 88.5 cm³/mol. The number of hydrogen-bond acceptors (Lipinski definition) is 4. The van der Waals surface area contributed by atoms with Gasteiger partial charge in [-0.3, -0.25) is 9.59 Å². The molecule has 0 aromatic heterocycles. The van der Waals surface area contributed by atoms with Crippen LogP contribution in [0.25, 0.3) is 0 Å². The first-order chi connectivity index (χ1) is 11.1. The van der Waals surface area contributed by atoms with Crippen LogP contribution in [0.15, 0.2) is 53.6 Å². The number of aryl methyl sites for hydroxylation is 1. The molecule has 0 fully saturated rings. The minimum Gasteiger partial charge on any atom is -0.497 e. The van der Waals surface area contributed by atoms with Crippen LogP contribution in [0, 0.1) is 6.92 Å². The molecule has 2 amide bonds. The van der Waals surface area contributed by atoms with E-state index in [2.05, 4.69) is 15.8 Å². The van der Waals surface area contributed by atoms with Crippen LogP contribution in [0.5, 0.6) is 5.75 Å². The molecule has 2 aromatic rings. The summed E-state index contributed by atoms with van der Waals surface area (Å²) in [6.07, 6.45) is 1.43. The molecule has 0 aliphatic carbocycles. The van der Waals surface area contributed by atoms with Gasteiger partial charge in [0, 0.05) is 5.69 Å². The summed E-state index contributed by atoms with van der Waals surface area (Å²) in [6, 6.07) is 14.3. The SMILES string of the molecule is COc1cccc(/C=N\NC(=O)C(=O)Nc2cccc(C)c2)c1. The van der Waals surface area contributed by atoms with Crippen LogP contribution in [0.1, 0.15) is 11.1 Å². The molecule has 0 radical (unpaired) electrons. The van der Waals surface area contributed by atoms with Crippen molar-refractivity contribution in [2.24, 2.45) is 5.10 Å². The van der Waals surface area contributed by atoms with Gasteiger partial charge in [-0.05, 0) is 42.3 Å². The van der Waals surface area contributed by atoms with E-state index < -0.39 is 11.8 Å². The second-order valence-electron chi connectivity index (χ2n) is 4.80. The number of anilines is 1. The number of ether oxygens (including phenoxy) is 1. The Morgan fingerprint density at radius 3 is 2.61 bits per heavy atom. The Kier molecular flexibility index (Phi) is 5.46. The third-order valence-electron chi connectivity index (χ3n) is 2.96. The zero-order chi connectivity index (χ0) is 16.7. The fourth-order valence-electron chi connectivity index (χ4n) is 1.85. The molecule has 0 atom stereocenters. The van der Waals surface area contributed by atoms with Crippen LogP contribution >= 0.6 is 0 Å². The van der Waals surface area contributed by atoms with Crippen molar-refractivity contribution in [2.75, 3.05) is 12.4 Å². The number of rotatable bonds is 4. The van der Waals surface area contributed by atoms with Crippen molar-refractivity contribution < 1.29 is 14.3 Å². The maximum Gasteiger partial charge on any atom is 0.329 e. The normalized spacial score (nSPS) is 10.3. The molecule has 0 aliphatic heterocycles. The van der Waals surface area contributed by atoms with Crippen molar-refractivity contribution in [1.82, 2.24) is 5.43 Å². The molecule has 0 spiro atoms. The molecule has 23 heavy (non-hydrogen) atoms. The third-order valence-corrected chi connectivity index (χ3v) is 2.96. The lowest BCUT2D eigenvalue weighted by Crippen LogP contribution is -2.32. The molecule has 2 rings (SSSR count). The summed E-state index contributed by atoms with van der Waals surface area (Å²) < 4.78 is 5.08. The number of hydrazone groups is 1. The van der Waals surface area contributed by atoms with E-state index in [0.29, 0.717) is 11.4 Å². The molecule has 0 saturated carbocycles. The molecule has 0 aliphatic rings. The summed E-state index contributed by atoms with van der Waals surface area (Å²) in [5.41, 5.74) is 4.46. The first-order valence-corrected chi connectivity index (χ1v) is 6.93. The van der Waals surface area contributed by atoms with Crippen molar-refractivity contribution in [3.05, 3.63) is 59.7 Å². The summed E-state index contributed by atoms with van der Waals surface area (Å²) >= 11 is 0. The van der Waals surface area contributed by atoms with Gasteiger partial charge in [-0.25, -0.2) is 5.43 Å². The highest BCUT2D eigenvalue weighted by molar-refractivity contribution is 6.39.